The number of hydrogen-bond acceptors (Lipinski definition) is 8. The molecule has 2 aromatic rings. The highest BCUT2D eigenvalue weighted by atomic mass is 32.2. The molecule has 0 radical (unpaired) electrons. The van der Waals surface area contributed by atoms with Gasteiger partial charge in [-0.3, -0.25) is 14.9 Å². The molecule has 140 valence electrons. The largest absolute Gasteiger partial charge is 0.545 e. The van der Waals surface area contributed by atoms with Gasteiger partial charge in [-0.25, -0.2) is 0 Å². The minimum atomic E-state index is -1.58. The fourth-order valence-electron chi connectivity index (χ4n) is 2.11. The SMILES string of the molecule is O=C(CSCc1ccc([N+](=O)[O-])cc1)Nc1cc(C(=O)[O-])cc(C(=O)[O-])c1. The molecule has 0 saturated carbocycles. The topological polar surface area (TPSA) is 152 Å². The van der Waals surface area contributed by atoms with Crippen molar-refractivity contribution in [3.8, 4) is 0 Å². The zero-order valence-electron chi connectivity index (χ0n) is 13.7. The predicted molar refractivity (Wildman–Crippen MR) is 93.0 cm³/mol. The number of carbonyl (C=O) groups is 3. The summed E-state index contributed by atoms with van der Waals surface area (Å²) in [5.41, 5.74) is -0.0393. The van der Waals surface area contributed by atoms with Gasteiger partial charge in [-0.2, -0.15) is 0 Å². The smallest absolute Gasteiger partial charge is 0.269 e. The van der Waals surface area contributed by atoms with Crippen molar-refractivity contribution in [2.75, 3.05) is 11.1 Å². The average molecular weight is 388 g/mol. The van der Waals surface area contributed by atoms with E-state index >= 15 is 0 Å². The molecule has 0 fully saturated rings. The fraction of sp³-hybridized carbons (Fsp3) is 0.118. The van der Waals surface area contributed by atoms with Crippen molar-refractivity contribution in [2.24, 2.45) is 0 Å². The molecule has 0 atom stereocenters. The number of aromatic carboxylic acids is 2. The molecule has 10 heteroatoms. The van der Waals surface area contributed by atoms with Crippen LogP contribution in [0.5, 0.6) is 0 Å². The minimum Gasteiger partial charge on any atom is -0.545 e. The van der Waals surface area contributed by atoms with E-state index < -0.39 is 33.9 Å². The Balaban J connectivity index is 1.94. The number of hydrogen-bond donors (Lipinski definition) is 1. The first-order valence-electron chi connectivity index (χ1n) is 7.45. The van der Waals surface area contributed by atoms with Crippen LogP contribution in [0.15, 0.2) is 42.5 Å². The van der Waals surface area contributed by atoms with Gasteiger partial charge in [0.1, 0.15) is 0 Å². The number of nitrogens with zero attached hydrogens (tertiary/aromatic N) is 1. The number of benzene rings is 2. The van der Waals surface area contributed by atoms with Crippen molar-refractivity contribution in [3.63, 3.8) is 0 Å². The lowest BCUT2D eigenvalue weighted by atomic mass is 10.1. The first-order valence-corrected chi connectivity index (χ1v) is 8.60. The van der Waals surface area contributed by atoms with Crippen LogP contribution in [-0.4, -0.2) is 28.5 Å². The lowest BCUT2D eigenvalue weighted by molar-refractivity contribution is -0.384. The van der Waals surface area contributed by atoms with E-state index in [1.54, 1.807) is 12.1 Å². The summed E-state index contributed by atoms with van der Waals surface area (Å²) in [7, 11) is 0. The molecule has 0 aliphatic rings. The summed E-state index contributed by atoms with van der Waals surface area (Å²) in [6.07, 6.45) is 0. The molecule has 0 saturated heterocycles. The number of non-ortho nitro benzene ring substituents is 1. The van der Waals surface area contributed by atoms with Crippen molar-refractivity contribution in [3.05, 3.63) is 69.3 Å². The van der Waals surface area contributed by atoms with Gasteiger partial charge in [-0.15, -0.1) is 11.8 Å². The second-order valence-electron chi connectivity index (χ2n) is 5.34. The monoisotopic (exact) mass is 388 g/mol. The highest BCUT2D eigenvalue weighted by Gasteiger charge is 2.08. The Morgan fingerprint density at radius 3 is 2.00 bits per heavy atom. The van der Waals surface area contributed by atoms with E-state index in [0.29, 0.717) is 5.75 Å². The lowest BCUT2D eigenvalue weighted by Gasteiger charge is -2.12. The zero-order valence-corrected chi connectivity index (χ0v) is 14.5. The molecule has 2 aromatic carbocycles. The number of nitro benzene ring substituents is 1. The number of rotatable bonds is 8. The molecule has 1 amide bonds. The highest BCUT2D eigenvalue weighted by molar-refractivity contribution is 7.99. The van der Waals surface area contributed by atoms with E-state index in [0.717, 1.165) is 23.8 Å². The quantitative estimate of drug-likeness (QED) is 0.497. The molecule has 0 unspecified atom stereocenters. The van der Waals surface area contributed by atoms with Crippen LogP contribution in [0, 0.1) is 10.1 Å². The summed E-state index contributed by atoms with van der Waals surface area (Å²) in [5, 5.41) is 34.8. The fourth-order valence-corrected chi connectivity index (χ4v) is 2.90. The van der Waals surface area contributed by atoms with Gasteiger partial charge in [0.25, 0.3) is 5.69 Å². The van der Waals surface area contributed by atoms with E-state index in [-0.39, 0.29) is 17.1 Å². The van der Waals surface area contributed by atoms with Crippen LogP contribution in [0.1, 0.15) is 26.3 Å². The van der Waals surface area contributed by atoms with Crippen molar-refractivity contribution < 1.29 is 29.5 Å². The number of amides is 1. The van der Waals surface area contributed by atoms with Crippen LogP contribution in [-0.2, 0) is 10.5 Å². The summed E-state index contributed by atoms with van der Waals surface area (Å²) in [6.45, 7) is 0. The molecule has 27 heavy (non-hydrogen) atoms. The van der Waals surface area contributed by atoms with E-state index in [9.17, 15) is 34.7 Å². The van der Waals surface area contributed by atoms with Gasteiger partial charge in [0.05, 0.1) is 22.6 Å². The van der Waals surface area contributed by atoms with Gasteiger partial charge in [-0.1, -0.05) is 12.1 Å². The Morgan fingerprint density at radius 2 is 1.52 bits per heavy atom. The standard InChI is InChI=1S/C17H14N2O7S/c20-15(9-27-8-10-1-3-14(4-2-10)19(25)26)18-13-6-11(16(21)22)5-12(7-13)17(23)24/h1-7H,8-9H2,(H,18,20)(H,21,22)(H,23,24)/p-2. The summed E-state index contributed by atoms with van der Waals surface area (Å²) >= 11 is 1.23. The van der Waals surface area contributed by atoms with Crippen LogP contribution in [0.3, 0.4) is 0 Å². The van der Waals surface area contributed by atoms with Gasteiger partial charge in [0.15, 0.2) is 0 Å². The third-order valence-electron chi connectivity index (χ3n) is 3.34. The van der Waals surface area contributed by atoms with Crippen molar-refractivity contribution in [2.45, 2.75) is 5.75 Å². The maximum atomic E-state index is 12.0. The molecule has 1 N–H and O–H groups in total. The third kappa shape index (κ3) is 5.82. The summed E-state index contributed by atoms with van der Waals surface area (Å²) in [4.78, 5) is 43.9. The van der Waals surface area contributed by atoms with Gasteiger partial charge < -0.3 is 25.1 Å². The van der Waals surface area contributed by atoms with Crippen LogP contribution >= 0.6 is 11.8 Å². The normalized spacial score (nSPS) is 10.2. The van der Waals surface area contributed by atoms with E-state index in [4.69, 9.17) is 0 Å². The third-order valence-corrected chi connectivity index (χ3v) is 4.34. The second kappa shape index (κ2) is 8.81. The van der Waals surface area contributed by atoms with E-state index in [1.165, 1.54) is 23.9 Å². The summed E-state index contributed by atoms with van der Waals surface area (Å²) < 4.78 is 0. The Bertz CT molecular complexity index is 864. The molecule has 0 heterocycles. The van der Waals surface area contributed by atoms with Crippen molar-refractivity contribution >= 4 is 41.0 Å². The number of carboxylic acids is 2. The van der Waals surface area contributed by atoms with Gasteiger partial charge in [0.2, 0.25) is 5.91 Å². The second-order valence-corrected chi connectivity index (χ2v) is 6.32. The van der Waals surface area contributed by atoms with Gasteiger partial charge >= 0.3 is 0 Å². The Labute approximate surface area is 157 Å². The molecule has 0 spiro atoms. The molecule has 0 aliphatic heterocycles. The number of nitro groups is 1. The predicted octanol–water partition coefficient (Wildman–Crippen LogP) is 0.194. The number of thioether (sulfide) groups is 1. The molecule has 2 rings (SSSR count). The molecule has 0 bridgehead atoms. The summed E-state index contributed by atoms with van der Waals surface area (Å²) in [5.74, 6) is -3.20. The number of carboxylic acid groups (broad SMARTS) is 2. The number of nitrogens with one attached hydrogen (secondary N) is 1. The Kier molecular flexibility index (Phi) is 6.50. The molecule has 0 aliphatic carbocycles. The maximum absolute atomic E-state index is 12.0. The van der Waals surface area contributed by atoms with Crippen molar-refractivity contribution in [1.82, 2.24) is 0 Å². The number of anilines is 1. The van der Waals surface area contributed by atoms with Crippen LogP contribution in [0.25, 0.3) is 0 Å². The minimum absolute atomic E-state index is 0.00293. The average Bonchev–Trinajstić information content (AvgIpc) is 2.61. The Morgan fingerprint density at radius 1 is 0.963 bits per heavy atom. The number of carbonyl (C=O) groups excluding carboxylic acids is 3. The molecule has 0 aromatic heterocycles. The molecule has 9 nitrogen and oxygen atoms in total. The Hall–Kier alpha value is -3.40. The first-order chi connectivity index (χ1) is 12.8. The van der Waals surface area contributed by atoms with E-state index in [2.05, 4.69) is 5.32 Å². The van der Waals surface area contributed by atoms with Crippen LogP contribution in [0.4, 0.5) is 11.4 Å². The van der Waals surface area contributed by atoms with E-state index in [1.807, 2.05) is 0 Å². The van der Waals surface area contributed by atoms with Crippen LogP contribution in [0.2, 0.25) is 0 Å². The summed E-state index contributed by atoms with van der Waals surface area (Å²) in [6, 6.07) is 8.94. The maximum Gasteiger partial charge on any atom is 0.269 e. The highest BCUT2D eigenvalue weighted by Crippen LogP contribution is 2.18. The van der Waals surface area contributed by atoms with Crippen LogP contribution < -0.4 is 15.5 Å². The molecular formula is C17H12N2O7S-2. The molecular weight excluding hydrogens is 376 g/mol. The van der Waals surface area contributed by atoms with Gasteiger partial charge in [0, 0.05) is 23.6 Å². The van der Waals surface area contributed by atoms with Crippen molar-refractivity contribution in [1.29, 1.82) is 0 Å². The lowest BCUT2D eigenvalue weighted by Crippen LogP contribution is -2.26. The van der Waals surface area contributed by atoms with Gasteiger partial charge in [-0.05, 0) is 34.9 Å². The zero-order chi connectivity index (χ0) is 20.0. The first kappa shape index (κ1) is 19.9.